The minimum atomic E-state index is -1.10. The van der Waals surface area contributed by atoms with Gasteiger partial charge in [-0.05, 0) is 36.8 Å². The highest BCUT2D eigenvalue weighted by Gasteiger charge is 2.16. The molecule has 0 saturated carbocycles. The number of benzene rings is 2. The molecule has 0 aliphatic heterocycles. The SMILES string of the molecule is Cc1ccc(C(=O)O)cc1NC(=O)c1nn(-c2ccccc2)c(=O)[nH]1. The molecule has 0 aliphatic carbocycles. The van der Waals surface area contributed by atoms with Crippen molar-refractivity contribution in [2.45, 2.75) is 6.92 Å². The predicted octanol–water partition coefficient (Wildman–Crippen LogP) is 1.82. The number of nitrogens with one attached hydrogen (secondary N) is 2. The number of rotatable bonds is 4. The van der Waals surface area contributed by atoms with Gasteiger partial charge in [0.1, 0.15) is 0 Å². The zero-order chi connectivity index (χ0) is 18.0. The van der Waals surface area contributed by atoms with Gasteiger partial charge >= 0.3 is 11.7 Å². The van der Waals surface area contributed by atoms with Crippen LogP contribution in [0.25, 0.3) is 5.69 Å². The Labute approximate surface area is 141 Å². The van der Waals surface area contributed by atoms with E-state index in [0.717, 1.165) is 4.68 Å². The molecule has 8 heteroatoms. The Morgan fingerprint density at radius 3 is 2.56 bits per heavy atom. The third kappa shape index (κ3) is 3.32. The van der Waals surface area contributed by atoms with Gasteiger partial charge in [0.15, 0.2) is 0 Å². The number of amides is 1. The summed E-state index contributed by atoms with van der Waals surface area (Å²) < 4.78 is 1.08. The van der Waals surface area contributed by atoms with E-state index in [0.29, 0.717) is 16.9 Å². The Morgan fingerprint density at radius 1 is 1.16 bits per heavy atom. The number of hydrogen-bond acceptors (Lipinski definition) is 4. The second-order valence-electron chi connectivity index (χ2n) is 5.32. The highest BCUT2D eigenvalue weighted by atomic mass is 16.4. The standard InChI is InChI=1S/C17H14N4O4/c1-10-7-8-11(16(23)24)9-13(10)18-15(22)14-19-17(25)21(20-14)12-5-3-2-4-6-12/h2-9H,1H3,(H,18,22)(H,23,24)(H,19,20,25). The van der Waals surface area contributed by atoms with Gasteiger partial charge in [0, 0.05) is 5.69 Å². The van der Waals surface area contributed by atoms with E-state index in [1.807, 2.05) is 0 Å². The van der Waals surface area contributed by atoms with Crippen LogP contribution in [-0.4, -0.2) is 31.7 Å². The number of carboxylic acids is 1. The Kier molecular flexibility index (Phi) is 4.17. The monoisotopic (exact) mass is 338 g/mol. The maximum atomic E-state index is 12.3. The van der Waals surface area contributed by atoms with Gasteiger partial charge in [0.05, 0.1) is 11.3 Å². The maximum Gasteiger partial charge on any atom is 0.348 e. The van der Waals surface area contributed by atoms with Crippen LogP contribution in [0.4, 0.5) is 5.69 Å². The molecule has 3 N–H and O–H groups in total. The zero-order valence-corrected chi connectivity index (χ0v) is 13.2. The molecule has 1 heterocycles. The molecule has 0 unspecified atom stereocenters. The van der Waals surface area contributed by atoms with Crippen molar-refractivity contribution < 1.29 is 14.7 Å². The molecule has 0 aliphatic rings. The van der Waals surface area contributed by atoms with Crippen LogP contribution in [-0.2, 0) is 0 Å². The fourth-order valence-corrected chi connectivity index (χ4v) is 2.24. The molecule has 0 saturated heterocycles. The number of nitrogens with zero attached hydrogens (tertiary/aromatic N) is 2. The molecule has 0 bridgehead atoms. The fourth-order valence-electron chi connectivity index (χ4n) is 2.24. The molecule has 2 aromatic carbocycles. The first-order valence-corrected chi connectivity index (χ1v) is 7.36. The molecule has 25 heavy (non-hydrogen) atoms. The van der Waals surface area contributed by atoms with Gasteiger partial charge in [-0.15, -0.1) is 5.10 Å². The molecule has 126 valence electrons. The quantitative estimate of drug-likeness (QED) is 0.671. The summed E-state index contributed by atoms with van der Waals surface area (Å²) >= 11 is 0. The lowest BCUT2D eigenvalue weighted by Crippen LogP contribution is -2.16. The number of para-hydroxylation sites is 1. The van der Waals surface area contributed by atoms with Crippen molar-refractivity contribution in [3.8, 4) is 5.69 Å². The van der Waals surface area contributed by atoms with Crippen LogP contribution in [0.2, 0.25) is 0 Å². The molecule has 0 radical (unpaired) electrons. The third-order valence-electron chi connectivity index (χ3n) is 3.57. The lowest BCUT2D eigenvalue weighted by molar-refractivity contribution is 0.0696. The van der Waals surface area contributed by atoms with Gasteiger partial charge in [0.2, 0.25) is 5.82 Å². The summed E-state index contributed by atoms with van der Waals surface area (Å²) in [7, 11) is 0. The van der Waals surface area contributed by atoms with E-state index in [1.54, 1.807) is 43.3 Å². The minimum Gasteiger partial charge on any atom is -0.478 e. The lowest BCUT2D eigenvalue weighted by Gasteiger charge is -2.07. The first-order valence-electron chi connectivity index (χ1n) is 7.36. The summed E-state index contributed by atoms with van der Waals surface area (Å²) in [4.78, 5) is 37.8. The van der Waals surface area contributed by atoms with Crippen LogP contribution in [0, 0.1) is 6.92 Å². The van der Waals surface area contributed by atoms with Gasteiger partial charge in [-0.25, -0.2) is 9.59 Å². The largest absolute Gasteiger partial charge is 0.478 e. The van der Waals surface area contributed by atoms with Crippen LogP contribution in [0.1, 0.15) is 26.5 Å². The van der Waals surface area contributed by atoms with Crippen LogP contribution < -0.4 is 11.0 Å². The molecular formula is C17H14N4O4. The topological polar surface area (TPSA) is 117 Å². The molecule has 0 spiro atoms. The number of anilines is 1. The lowest BCUT2D eigenvalue weighted by atomic mass is 10.1. The summed E-state index contributed by atoms with van der Waals surface area (Å²) in [6, 6.07) is 13.0. The number of carboxylic acid groups (broad SMARTS) is 1. The highest BCUT2D eigenvalue weighted by Crippen LogP contribution is 2.17. The van der Waals surface area contributed by atoms with E-state index in [2.05, 4.69) is 15.4 Å². The Bertz CT molecular complexity index is 1000. The summed E-state index contributed by atoms with van der Waals surface area (Å²) in [6.45, 7) is 1.73. The first kappa shape index (κ1) is 16.2. The number of aromatic carboxylic acids is 1. The van der Waals surface area contributed by atoms with Crippen LogP contribution >= 0.6 is 0 Å². The summed E-state index contributed by atoms with van der Waals surface area (Å²) in [5.41, 5.74) is 1.03. The second-order valence-corrected chi connectivity index (χ2v) is 5.32. The van der Waals surface area contributed by atoms with Crippen molar-refractivity contribution in [1.82, 2.24) is 14.8 Å². The molecule has 0 atom stereocenters. The molecule has 1 amide bonds. The van der Waals surface area contributed by atoms with Crippen LogP contribution in [0.15, 0.2) is 53.3 Å². The first-order chi connectivity index (χ1) is 12.0. The smallest absolute Gasteiger partial charge is 0.348 e. The van der Waals surface area contributed by atoms with Crippen molar-refractivity contribution in [3.63, 3.8) is 0 Å². The minimum absolute atomic E-state index is 0.0456. The number of carbonyl (C=O) groups is 2. The van der Waals surface area contributed by atoms with Gasteiger partial charge in [0.25, 0.3) is 5.91 Å². The molecular weight excluding hydrogens is 324 g/mol. The summed E-state index contributed by atoms with van der Waals surface area (Å²) in [5, 5.41) is 15.6. The van der Waals surface area contributed by atoms with Crippen molar-refractivity contribution in [3.05, 3.63) is 76.0 Å². The van der Waals surface area contributed by atoms with E-state index >= 15 is 0 Å². The van der Waals surface area contributed by atoms with Crippen molar-refractivity contribution in [2.75, 3.05) is 5.32 Å². The second kappa shape index (κ2) is 6.44. The molecule has 1 aromatic heterocycles. The fraction of sp³-hybridized carbons (Fsp3) is 0.0588. The van der Waals surface area contributed by atoms with E-state index in [4.69, 9.17) is 5.11 Å². The molecule has 8 nitrogen and oxygen atoms in total. The van der Waals surface area contributed by atoms with Gasteiger partial charge in [-0.3, -0.25) is 9.78 Å². The summed E-state index contributed by atoms with van der Waals surface area (Å²) in [6.07, 6.45) is 0. The van der Waals surface area contributed by atoms with Crippen LogP contribution in [0.3, 0.4) is 0 Å². The predicted molar refractivity (Wildman–Crippen MR) is 90.3 cm³/mol. The van der Waals surface area contributed by atoms with E-state index in [1.165, 1.54) is 12.1 Å². The number of aromatic amines is 1. The van der Waals surface area contributed by atoms with Crippen molar-refractivity contribution in [2.24, 2.45) is 0 Å². The molecule has 3 aromatic rings. The number of carbonyl (C=O) groups excluding carboxylic acids is 1. The van der Waals surface area contributed by atoms with Gasteiger partial charge in [-0.2, -0.15) is 4.68 Å². The third-order valence-corrected chi connectivity index (χ3v) is 3.57. The van der Waals surface area contributed by atoms with E-state index in [-0.39, 0.29) is 11.4 Å². The van der Waals surface area contributed by atoms with E-state index < -0.39 is 17.6 Å². The summed E-state index contributed by atoms with van der Waals surface area (Å²) in [5.74, 6) is -1.91. The highest BCUT2D eigenvalue weighted by molar-refractivity contribution is 6.02. The maximum absolute atomic E-state index is 12.3. The normalized spacial score (nSPS) is 10.4. The number of H-pyrrole nitrogens is 1. The Hall–Kier alpha value is -3.68. The Morgan fingerprint density at radius 2 is 1.88 bits per heavy atom. The number of aryl methyl sites for hydroxylation is 1. The average Bonchev–Trinajstić information content (AvgIpc) is 2.99. The van der Waals surface area contributed by atoms with Crippen LogP contribution in [0.5, 0.6) is 0 Å². The number of hydrogen-bond donors (Lipinski definition) is 3. The van der Waals surface area contributed by atoms with Crippen molar-refractivity contribution >= 4 is 17.6 Å². The Balaban J connectivity index is 1.89. The zero-order valence-electron chi connectivity index (χ0n) is 13.2. The molecule has 3 rings (SSSR count). The van der Waals surface area contributed by atoms with E-state index in [9.17, 15) is 14.4 Å². The van der Waals surface area contributed by atoms with Gasteiger partial charge in [-0.1, -0.05) is 24.3 Å². The average molecular weight is 338 g/mol. The van der Waals surface area contributed by atoms with Crippen molar-refractivity contribution in [1.29, 1.82) is 0 Å². The molecule has 0 fully saturated rings. The van der Waals surface area contributed by atoms with Gasteiger partial charge < -0.3 is 10.4 Å². The number of aromatic nitrogens is 3.